The Morgan fingerprint density at radius 2 is 2.00 bits per heavy atom. The zero-order chi connectivity index (χ0) is 22.7. The summed E-state index contributed by atoms with van der Waals surface area (Å²) in [7, 11) is 0. The highest BCUT2D eigenvalue weighted by atomic mass is 19.1. The van der Waals surface area contributed by atoms with Gasteiger partial charge in [0.15, 0.2) is 0 Å². The van der Waals surface area contributed by atoms with Gasteiger partial charge >= 0.3 is 5.69 Å². The smallest absolute Gasteiger partial charge is 0.329 e. The summed E-state index contributed by atoms with van der Waals surface area (Å²) < 4.78 is 14.7. The summed E-state index contributed by atoms with van der Waals surface area (Å²) in [6.45, 7) is -0.177. The number of amides is 1. The average Bonchev–Trinajstić information content (AvgIpc) is 2.80. The zero-order valence-corrected chi connectivity index (χ0v) is 17.5. The molecule has 1 aliphatic carbocycles. The van der Waals surface area contributed by atoms with Crippen molar-refractivity contribution in [1.82, 2.24) is 14.5 Å². The standard InChI is InChI=1S/C23H25FN4O4/c24-16-7-8-18-17(11-16)22(31)28(23(32)26-18)19(10-14-4-2-1-3-5-14)21(30)27-20-9-6-15(13-29)12-25-20/h6-9,11-12,14,19,29H,1-5,10,13H2,(H,26,32)(H,25,27,30). The van der Waals surface area contributed by atoms with Gasteiger partial charge in [-0.1, -0.05) is 38.2 Å². The number of H-pyrrole nitrogens is 1. The third-order valence-corrected chi connectivity index (χ3v) is 6.05. The molecule has 0 aliphatic heterocycles. The second-order valence-corrected chi connectivity index (χ2v) is 8.25. The van der Waals surface area contributed by atoms with Gasteiger partial charge in [0.1, 0.15) is 17.7 Å². The minimum atomic E-state index is -1.07. The molecule has 9 heteroatoms. The van der Waals surface area contributed by atoms with Crippen molar-refractivity contribution in [2.24, 2.45) is 5.92 Å². The van der Waals surface area contributed by atoms with E-state index in [0.717, 1.165) is 48.8 Å². The van der Waals surface area contributed by atoms with Crippen LogP contribution in [0.1, 0.15) is 50.1 Å². The maximum Gasteiger partial charge on any atom is 0.329 e. The molecule has 1 atom stereocenters. The maximum atomic E-state index is 13.8. The number of aliphatic hydroxyl groups excluding tert-OH is 1. The first-order valence-corrected chi connectivity index (χ1v) is 10.8. The van der Waals surface area contributed by atoms with Gasteiger partial charge < -0.3 is 15.4 Å². The summed E-state index contributed by atoms with van der Waals surface area (Å²) in [6, 6.07) is 5.66. The minimum absolute atomic E-state index is 0.0106. The zero-order valence-electron chi connectivity index (χ0n) is 17.5. The molecule has 0 radical (unpaired) electrons. The van der Waals surface area contributed by atoms with Crippen molar-refractivity contribution in [2.45, 2.75) is 51.2 Å². The Labute approximate surface area is 183 Å². The van der Waals surface area contributed by atoms with Gasteiger partial charge in [0.05, 0.1) is 17.5 Å². The van der Waals surface area contributed by atoms with Crippen molar-refractivity contribution in [3.8, 4) is 0 Å². The molecule has 0 bridgehead atoms. The van der Waals surface area contributed by atoms with Crippen LogP contribution in [-0.4, -0.2) is 25.5 Å². The van der Waals surface area contributed by atoms with Crippen LogP contribution >= 0.6 is 0 Å². The molecule has 8 nitrogen and oxygen atoms in total. The molecule has 2 heterocycles. The van der Waals surface area contributed by atoms with Crippen LogP contribution in [-0.2, 0) is 11.4 Å². The third-order valence-electron chi connectivity index (χ3n) is 6.05. The van der Waals surface area contributed by atoms with Gasteiger partial charge in [-0.2, -0.15) is 0 Å². The molecule has 1 aromatic carbocycles. The van der Waals surface area contributed by atoms with Crippen molar-refractivity contribution in [1.29, 1.82) is 0 Å². The number of aromatic nitrogens is 3. The summed E-state index contributed by atoms with van der Waals surface area (Å²) in [6.07, 6.45) is 6.80. The first-order chi connectivity index (χ1) is 15.5. The molecule has 168 valence electrons. The van der Waals surface area contributed by atoms with Gasteiger partial charge in [0, 0.05) is 6.20 Å². The Morgan fingerprint density at radius 3 is 2.69 bits per heavy atom. The molecule has 0 spiro atoms. The molecule has 1 aliphatic rings. The number of carbonyl (C=O) groups is 1. The number of nitrogens with zero attached hydrogens (tertiary/aromatic N) is 2. The van der Waals surface area contributed by atoms with Crippen LogP contribution in [0.25, 0.3) is 10.9 Å². The number of benzene rings is 1. The lowest BCUT2D eigenvalue weighted by molar-refractivity contribution is -0.120. The van der Waals surface area contributed by atoms with Crippen LogP contribution in [0.15, 0.2) is 46.1 Å². The second kappa shape index (κ2) is 9.44. The number of aromatic amines is 1. The molecular formula is C23H25FN4O4. The van der Waals surface area contributed by atoms with E-state index >= 15 is 0 Å². The first-order valence-electron chi connectivity index (χ1n) is 10.8. The summed E-state index contributed by atoms with van der Waals surface area (Å²) >= 11 is 0. The molecule has 0 saturated heterocycles. The summed E-state index contributed by atoms with van der Waals surface area (Å²) in [5.41, 5.74) is -0.613. The van der Waals surface area contributed by atoms with Crippen LogP contribution in [0.2, 0.25) is 0 Å². The normalized spacial score (nSPS) is 15.6. The van der Waals surface area contributed by atoms with E-state index in [9.17, 15) is 18.8 Å². The topological polar surface area (TPSA) is 117 Å². The van der Waals surface area contributed by atoms with Crippen LogP contribution in [0, 0.1) is 11.7 Å². The average molecular weight is 440 g/mol. The quantitative estimate of drug-likeness (QED) is 0.545. The molecule has 2 aromatic heterocycles. The Morgan fingerprint density at radius 1 is 1.22 bits per heavy atom. The SMILES string of the molecule is O=C(Nc1ccc(CO)cn1)C(CC1CCCCC1)n1c(=O)[nH]c2ccc(F)cc2c1=O. The maximum absolute atomic E-state index is 13.8. The number of aliphatic hydroxyl groups is 1. The fourth-order valence-electron chi connectivity index (χ4n) is 4.35. The lowest BCUT2D eigenvalue weighted by Crippen LogP contribution is -2.43. The number of anilines is 1. The van der Waals surface area contributed by atoms with E-state index < -0.39 is 29.0 Å². The molecule has 3 N–H and O–H groups in total. The Bertz CT molecular complexity index is 1230. The Balaban J connectivity index is 1.74. The number of rotatable bonds is 6. The van der Waals surface area contributed by atoms with E-state index in [0.29, 0.717) is 12.0 Å². The molecule has 32 heavy (non-hydrogen) atoms. The predicted molar refractivity (Wildman–Crippen MR) is 118 cm³/mol. The van der Waals surface area contributed by atoms with Gasteiger partial charge in [-0.05, 0) is 42.2 Å². The monoisotopic (exact) mass is 440 g/mol. The van der Waals surface area contributed by atoms with Crippen LogP contribution in [0.3, 0.4) is 0 Å². The van der Waals surface area contributed by atoms with E-state index in [2.05, 4.69) is 15.3 Å². The molecule has 1 fully saturated rings. The lowest BCUT2D eigenvalue weighted by atomic mass is 9.84. The molecule has 3 aromatic rings. The predicted octanol–water partition coefficient (Wildman–Crippen LogP) is 2.87. The van der Waals surface area contributed by atoms with Crippen molar-refractivity contribution < 1.29 is 14.3 Å². The lowest BCUT2D eigenvalue weighted by Gasteiger charge is -2.26. The molecule has 1 amide bonds. The van der Waals surface area contributed by atoms with Gasteiger partial charge in [0.25, 0.3) is 5.56 Å². The van der Waals surface area contributed by atoms with Gasteiger partial charge in [-0.25, -0.2) is 18.7 Å². The first kappa shape index (κ1) is 21.9. The summed E-state index contributed by atoms with van der Waals surface area (Å²) in [4.78, 5) is 46.0. The number of fused-ring (bicyclic) bond motifs is 1. The number of hydrogen-bond acceptors (Lipinski definition) is 5. The number of halogens is 1. The Kier molecular flexibility index (Phi) is 6.45. The van der Waals surface area contributed by atoms with Gasteiger partial charge in [-0.3, -0.25) is 9.59 Å². The molecule has 1 saturated carbocycles. The van der Waals surface area contributed by atoms with Crippen LogP contribution < -0.4 is 16.6 Å². The number of hydrogen-bond donors (Lipinski definition) is 3. The molecule has 4 rings (SSSR count). The summed E-state index contributed by atoms with van der Waals surface area (Å²) in [5, 5.41) is 11.9. The molecular weight excluding hydrogens is 415 g/mol. The largest absolute Gasteiger partial charge is 0.392 e. The van der Waals surface area contributed by atoms with E-state index in [1.807, 2.05) is 0 Å². The van der Waals surface area contributed by atoms with Crippen LogP contribution in [0.4, 0.5) is 10.2 Å². The van der Waals surface area contributed by atoms with E-state index in [1.54, 1.807) is 12.1 Å². The van der Waals surface area contributed by atoms with Crippen molar-refractivity contribution in [2.75, 3.05) is 5.32 Å². The fourth-order valence-corrected chi connectivity index (χ4v) is 4.35. The summed E-state index contributed by atoms with van der Waals surface area (Å²) in [5.74, 6) is -0.700. The van der Waals surface area contributed by atoms with E-state index in [1.165, 1.54) is 12.3 Å². The van der Waals surface area contributed by atoms with Crippen molar-refractivity contribution >= 4 is 22.6 Å². The third kappa shape index (κ3) is 4.62. The number of pyridine rings is 1. The number of carbonyl (C=O) groups excluding carboxylic acids is 1. The minimum Gasteiger partial charge on any atom is -0.392 e. The van der Waals surface area contributed by atoms with Crippen molar-refractivity contribution in [3.63, 3.8) is 0 Å². The van der Waals surface area contributed by atoms with Gasteiger partial charge in [-0.15, -0.1) is 0 Å². The highest BCUT2D eigenvalue weighted by Gasteiger charge is 2.29. The number of nitrogens with one attached hydrogen (secondary N) is 2. The highest BCUT2D eigenvalue weighted by Crippen LogP contribution is 2.30. The van der Waals surface area contributed by atoms with Gasteiger partial charge in [0.2, 0.25) is 5.91 Å². The van der Waals surface area contributed by atoms with E-state index in [4.69, 9.17) is 5.11 Å². The highest BCUT2D eigenvalue weighted by molar-refractivity contribution is 5.93. The second-order valence-electron chi connectivity index (χ2n) is 8.25. The fraction of sp³-hybridized carbons (Fsp3) is 0.391. The Hall–Kier alpha value is -3.33. The van der Waals surface area contributed by atoms with E-state index in [-0.39, 0.29) is 29.2 Å². The van der Waals surface area contributed by atoms with Crippen molar-refractivity contribution in [3.05, 3.63) is 68.7 Å². The van der Waals surface area contributed by atoms with Crippen LogP contribution in [0.5, 0.6) is 0 Å². The molecule has 1 unspecified atom stereocenters.